The molecule has 0 bridgehead atoms. The van der Waals surface area contributed by atoms with E-state index in [1.54, 1.807) is 6.20 Å². The number of imidazole rings is 1. The Kier molecular flexibility index (Phi) is 3.59. The zero-order valence-electron chi connectivity index (χ0n) is 9.84. The van der Waals surface area contributed by atoms with E-state index < -0.39 is 15.7 Å². The first-order valence-electron chi connectivity index (χ1n) is 5.18. The van der Waals surface area contributed by atoms with Crippen molar-refractivity contribution in [2.24, 2.45) is 0 Å². The molecule has 0 radical (unpaired) electrons. The normalized spacial score (nSPS) is 11.3. The number of aromatic nitrogens is 2. The highest BCUT2D eigenvalue weighted by Crippen LogP contribution is 2.22. The van der Waals surface area contributed by atoms with E-state index in [0.717, 1.165) is 6.26 Å². The number of nitrogens with one attached hydrogen (secondary N) is 2. The first-order valence-corrected chi connectivity index (χ1v) is 7.45. The molecular formula is C11H10ClN3O3S. The third-order valence-corrected chi connectivity index (χ3v) is 3.90. The van der Waals surface area contributed by atoms with Gasteiger partial charge in [-0.25, -0.2) is 13.4 Å². The quantitative estimate of drug-likeness (QED) is 0.902. The summed E-state index contributed by atoms with van der Waals surface area (Å²) in [6.07, 6.45) is 4.07. The Bertz CT molecular complexity index is 711. The van der Waals surface area contributed by atoms with Gasteiger partial charge in [0.05, 0.1) is 9.92 Å². The van der Waals surface area contributed by atoms with E-state index in [1.165, 1.54) is 24.4 Å². The van der Waals surface area contributed by atoms with Crippen molar-refractivity contribution in [2.75, 3.05) is 11.6 Å². The van der Waals surface area contributed by atoms with Crippen LogP contribution in [0.2, 0.25) is 5.02 Å². The Morgan fingerprint density at radius 3 is 2.74 bits per heavy atom. The molecule has 0 saturated carbocycles. The molecule has 0 saturated heterocycles. The number of aromatic amines is 1. The summed E-state index contributed by atoms with van der Waals surface area (Å²) in [5.41, 5.74) is 0.182. The number of halogens is 1. The molecule has 1 amide bonds. The molecule has 1 aromatic carbocycles. The first kappa shape index (κ1) is 13.6. The number of carbonyl (C=O) groups is 1. The fourth-order valence-electron chi connectivity index (χ4n) is 1.44. The number of H-pyrrole nitrogens is 1. The van der Waals surface area contributed by atoms with Crippen LogP contribution in [0.15, 0.2) is 35.5 Å². The lowest BCUT2D eigenvalue weighted by atomic mass is 10.2. The molecule has 0 fully saturated rings. The Morgan fingerprint density at radius 1 is 1.42 bits per heavy atom. The molecule has 8 heteroatoms. The first-order chi connectivity index (χ1) is 8.88. The molecule has 6 nitrogen and oxygen atoms in total. The van der Waals surface area contributed by atoms with Crippen molar-refractivity contribution >= 4 is 33.3 Å². The maximum Gasteiger partial charge on any atom is 0.258 e. The standard InChI is InChI=1S/C11H10ClN3O3S/c1-19(17,18)9-6-7(2-3-8(9)12)10(16)15-11-13-4-5-14-11/h2-6H,1H3,(H2,13,14,15,16). The fourth-order valence-corrected chi connectivity index (χ4v) is 2.74. The molecule has 2 N–H and O–H groups in total. The van der Waals surface area contributed by atoms with Crippen LogP contribution >= 0.6 is 11.6 Å². The predicted octanol–water partition coefficient (Wildman–Crippen LogP) is 1.72. The van der Waals surface area contributed by atoms with Gasteiger partial charge < -0.3 is 4.98 Å². The van der Waals surface area contributed by atoms with Gasteiger partial charge in [-0.2, -0.15) is 0 Å². The van der Waals surface area contributed by atoms with E-state index >= 15 is 0 Å². The number of nitrogens with zero attached hydrogens (tertiary/aromatic N) is 1. The maximum absolute atomic E-state index is 11.9. The Morgan fingerprint density at radius 2 is 2.16 bits per heavy atom. The minimum absolute atomic E-state index is 0.0806. The molecule has 0 spiro atoms. The SMILES string of the molecule is CS(=O)(=O)c1cc(C(=O)Nc2ncc[nH]2)ccc1Cl. The van der Waals surface area contributed by atoms with Crippen LogP contribution in [0.5, 0.6) is 0 Å². The minimum atomic E-state index is -3.49. The molecule has 1 heterocycles. The molecule has 0 unspecified atom stereocenters. The van der Waals surface area contributed by atoms with Crippen molar-refractivity contribution < 1.29 is 13.2 Å². The van der Waals surface area contributed by atoms with Crippen molar-refractivity contribution in [1.82, 2.24) is 9.97 Å². The fraction of sp³-hybridized carbons (Fsp3) is 0.0909. The number of benzene rings is 1. The van der Waals surface area contributed by atoms with Crippen LogP contribution in [0.3, 0.4) is 0 Å². The van der Waals surface area contributed by atoms with E-state index in [4.69, 9.17) is 11.6 Å². The number of carbonyl (C=O) groups excluding carboxylic acids is 1. The monoisotopic (exact) mass is 299 g/mol. The Balaban J connectivity index is 2.33. The topological polar surface area (TPSA) is 91.9 Å². The van der Waals surface area contributed by atoms with Gasteiger partial charge in [0, 0.05) is 24.2 Å². The average molecular weight is 300 g/mol. The molecule has 19 heavy (non-hydrogen) atoms. The molecular weight excluding hydrogens is 290 g/mol. The van der Waals surface area contributed by atoms with Crippen LogP contribution in [-0.4, -0.2) is 30.5 Å². The van der Waals surface area contributed by atoms with Crippen LogP contribution < -0.4 is 5.32 Å². The van der Waals surface area contributed by atoms with Gasteiger partial charge in [0.25, 0.3) is 5.91 Å². The van der Waals surface area contributed by atoms with Crippen molar-refractivity contribution in [3.63, 3.8) is 0 Å². The van der Waals surface area contributed by atoms with E-state index in [9.17, 15) is 13.2 Å². The zero-order valence-corrected chi connectivity index (χ0v) is 11.4. The molecule has 0 atom stereocenters. The Hall–Kier alpha value is -1.86. The number of anilines is 1. The number of hydrogen-bond donors (Lipinski definition) is 2. The number of hydrogen-bond acceptors (Lipinski definition) is 4. The highest BCUT2D eigenvalue weighted by Gasteiger charge is 2.16. The highest BCUT2D eigenvalue weighted by molar-refractivity contribution is 7.90. The maximum atomic E-state index is 11.9. The summed E-state index contributed by atoms with van der Waals surface area (Å²) in [6.45, 7) is 0. The largest absolute Gasteiger partial charge is 0.331 e. The molecule has 0 aliphatic heterocycles. The third kappa shape index (κ3) is 3.12. The molecule has 0 aliphatic rings. The summed E-state index contributed by atoms with van der Waals surface area (Å²) >= 11 is 5.80. The lowest BCUT2D eigenvalue weighted by Gasteiger charge is -2.06. The van der Waals surface area contributed by atoms with Gasteiger partial charge in [0.1, 0.15) is 0 Å². The summed E-state index contributed by atoms with van der Waals surface area (Å²) in [4.78, 5) is 18.4. The number of rotatable bonds is 3. The van der Waals surface area contributed by atoms with Gasteiger partial charge in [-0.3, -0.25) is 10.1 Å². The van der Waals surface area contributed by atoms with E-state index in [-0.39, 0.29) is 21.4 Å². The van der Waals surface area contributed by atoms with E-state index in [2.05, 4.69) is 15.3 Å². The molecule has 0 aliphatic carbocycles. The van der Waals surface area contributed by atoms with Crippen molar-refractivity contribution in [3.8, 4) is 0 Å². The zero-order chi connectivity index (χ0) is 14.0. The van der Waals surface area contributed by atoms with Crippen LogP contribution in [0.4, 0.5) is 5.95 Å². The molecule has 1 aromatic heterocycles. The smallest absolute Gasteiger partial charge is 0.258 e. The van der Waals surface area contributed by atoms with Gasteiger partial charge >= 0.3 is 0 Å². The van der Waals surface area contributed by atoms with Gasteiger partial charge in [-0.1, -0.05) is 11.6 Å². The minimum Gasteiger partial charge on any atom is -0.331 e. The lowest BCUT2D eigenvalue weighted by molar-refractivity contribution is 0.102. The molecule has 2 rings (SSSR count). The van der Waals surface area contributed by atoms with E-state index in [1.807, 2.05) is 0 Å². The van der Waals surface area contributed by atoms with Crippen molar-refractivity contribution in [3.05, 3.63) is 41.2 Å². The second-order valence-corrected chi connectivity index (χ2v) is 6.20. The van der Waals surface area contributed by atoms with Crippen LogP contribution in [0.25, 0.3) is 0 Å². The van der Waals surface area contributed by atoms with Gasteiger partial charge in [-0.15, -0.1) is 0 Å². The average Bonchev–Trinajstić information content (AvgIpc) is 2.80. The van der Waals surface area contributed by atoms with Crippen LogP contribution in [0.1, 0.15) is 10.4 Å². The third-order valence-electron chi connectivity index (χ3n) is 2.32. The summed E-state index contributed by atoms with van der Waals surface area (Å²) < 4.78 is 23.0. The van der Waals surface area contributed by atoms with E-state index in [0.29, 0.717) is 0 Å². The second-order valence-electron chi connectivity index (χ2n) is 3.81. The van der Waals surface area contributed by atoms with Gasteiger partial charge in [-0.05, 0) is 18.2 Å². The number of amides is 1. The van der Waals surface area contributed by atoms with Gasteiger partial charge in [0.15, 0.2) is 9.84 Å². The lowest BCUT2D eigenvalue weighted by Crippen LogP contribution is -2.13. The summed E-state index contributed by atoms with van der Waals surface area (Å²) in [6, 6.07) is 4.04. The molecule has 2 aromatic rings. The number of sulfone groups is 1. The van der Waals surface area contributed by atoms with Crippen molar-refractivity contribution in [2.45, 2.75) is 4.90 Å². The van der Waals surface area contributed by atoms with Crippen molar-refractivity contribution in [1.29, 1.82) is 0 Å². The summed E-state index contributed by atoms with van der Waals surface area (Å²) in [5.74, 6) is -0.197. The second kappa shape index (κ2) is 5.02. The van der Waals surface area contributed by atoms with Crippen LogP contribution in [-0.2, 0) is 9.84 Å². The van der Waals surface area contributed by atoms with Crippen LogP contribution in [0, 0.1) is 0 Å². The Labute approximate surface area is 114 Å². The highest BCUT2D eigenvalue weighted by atomic mass is 35.5. The molecule has 100 valence electrons. The summed E-state index contributed by atoms with van der Waals surface area (Å²) in [5, 5.41) is 2.57. The summed E-state index contributed by atoms with van der Waals surface area (Å²) in [7, 11) is -3.49. The van der Waals surface area contributed by atoms with Gasteiger partial charge in [0.2, 0.25) is 5.95 Å². The predicted molar refractivity (Wildman–Crippen MR) is 71.1 cm³/mol.